The Hall–Kier alpha value is -3.20. The monoisotopic (exact) mass is 381 g/mol. The third-order valence-corrected chi connectivity index (χ3v) is 5.31. The lowest BCUT2D eigenvalue weighted by Crippen LogP contribution is -2.08. The van der Waals surface area contributed by atoms with Crippen LogP contribution in [0.4, 0.5) is 0 Å². The van der Waals surface area contributed by atoms with Gasteiger partial charge < -0.3 is 0 Å². The average molecular weight is 382 g/mol. The van der Waals surface area contributed by atoms with Crippen molar-refractivity contribution in [3.05, 3.63) is 84.7 Å². The molecule has 0 aliphatic carbocycles. The lowest BCUT2D eigenvalue weighted by atomic mass is 9.99. The summed E-state index contributed by atoms with van der Waals surface area (Å²) in [4.78, 5) is 4.72. The summed E-state index contributed by atoms with van der Waals surface area (Å²) in [5.41, 5.74) is 5.97. The Morgan fingerprint density at radius 3 is 2.03 bits per heavy atom. The average Bonchev–Trinajstić information content (AvgIpc) is 3.17. The second-order valence-corrected chi connectivity index (χ2v) is 7.59. The third kappa shape index (κ3) is 4.14. The van der Waals surface area contributed by atoms with Crippen LogP contribution in [0.3, 0.4) is 0 Å². The van der Waals surface area contributed by atoms with Crippen LogP contribution in [0.1, 0.15) is 38.6 Å². The third-order valence-electron chi connectivity index (χ3n) is 5.31. The Kier molecular flexibility index (Phi) is 5.57. The molecule has 146 valence electrons. The Morgan fingerprint density at radius 1 is 0.759 bits per heavy atom. The van der Waals surface area contributed by atoms with Gasteiger partial charge in [-0.1, -0.05) is 86.1 Å². The molecule has 4 rings (SSSR count). The first-order valence-electron chi connectivity index (χ1n) is 10.3. The predicted octanol–water partition coefficient (Wildman–Crippen LogP) is 6.95. The number of benzene rings is 3. The van der Waals surface area contributed by atoms with E-state index in [-0.39, 0.29) is 0 Å². The minimum absolute atomic E-state index is 0.338. The normalized spacial score (nSPS) is 12.1. The summed E-state index contributed by atoms with van der Waals surface area (Å²) < 4.78 is 2.08. The maximum Gasteiger partial charge on any atom is 0.158 e. The molecule has 0 amide bonds. The molecule has 0 aliphatic heterocycles. The summed E-state index contributed by atoms with van der Waals surface area (Å²) in [5, 5.41) is 4.66. The largest absolute Gasteiger partial charge is 0.243 e. The topological polar surface area (TPSA) is 30.7 Å². The summed E-state index contributed by atoms with van der Waals surface area (Å²) in [5.74, 6) is 1.77. The maximum atomic E-state index is 4.72. The van der Waals surface area contributed by atoms with Crippen molar-refractivity contribution in [1.29, 1.82) is 0 Å². The molecule has 3 heteroatoms. The molecular formula is C26H27N3. The molecule has 4 aromatic rings. The molecule has 0 saturated carbocycles. The van der Waals surface area contributed by atoms with E-state index in [0.29, 0.717) is 6.04 Å². The van der Waals surface area contributed by atoms with Gasteiger partial charge in [-0.05, 0) is 48.6 Å². The van der Waals surface area contributed by atoms with Gasteiger partial charge in [-0.3, -0.25) is 0 Å². The summed E-state index contributed by atoms with van der Waals surface area (Å²) >= 11 is 0. The van der Waals surface area contributed by atoms with Crippen molar-refractivity contribution in [3.63, 3.8) is 0 Å². The van der Waals surface area contributed by atoms with Crippen LogP contribution < -0.4 is 0 Å². The first-order valence-corrected chi connectivity index (χ1v) is 10.3. The highest BCUT2D eigenvalue weighted by atomic mass is 15.4. The van der Waals surface area contributed by atoms with Crippen molar-refractivity contribution in [2.24, 2.45) is 0 Å². The van der Waals surface area contributed by atoms with Crippen LogP contribution in [0.15, 0.2) is 78.9 Å². The van der Waals surface area contributed by atoms with E-state index in [4.69, 9.17) is 4.98 Å². The van der Waals surface area contributed by atoms with E-state index in [0.717, 1.165) is 30.1 Å². The molecule has 0 fully saturated rings. The fourth-order valence-electron chi connectivity index (χ4n) is 3.80. The van der Waals surface area contributed by atoms with Gasteiger partial charge in [0.05, 0.1) is 6.04 Å². The lowest BCUT2D eigenvalue weighted by Gasteiger charge is -2.14. The van der Waals surface area contributed by atoms with Gasteiger partial charge in [-0.2, -0.15) is 5.10 Å². The molecule has 3 nitrogen and oxygen atoms in total. The minimum Gasteiger partial charge on any atom is -0.243 e. The molecule has 0 spiro atoms. The zero-order chi connectivity index (χ0) is 20.2. The molecule has 0 saturated heterocycles. The van der Waals surface area contributed by atoms with Crippen molar-refractivity contribution >= 4 is 0 Å². The van der Waals surface area contributed by atoms with Crippen molar-refractivity contribution in [2.45, 2.75) is 39.7 Å². The molecule has 1 unspecified atom stereocenters. The molecular weight excluding hydrogens is 354 g/mol. The van der Waals surface area contributed by atoms with Gasteiger partial charge in [-0.15, -0.1) is 0 Å². The van der Waals surface area contributed by atoms with E-state index in [2.05, 4.69) is 96.4 Å². The van der Waals surface area contributed by atoms with Crippen LogP contribution in [0, 0.1) is 6.92 Å². The fraction of sp³-hybridized carbons (Fsp3) is 0.231. The molecule has 0 radical (unpaired) electrons. The summed E-state index contributed by atoms with van der Waals surface area (Å²) in [7, 11) is 0. The van der Waals surface area contributed by atoms with E-state index in [1.54, 1.807) is 0 Å². The highest BCUT2D eigenvalue weighted by Crippen LogP contribution is 2.29. The van der Waals surface area contributed by atoms with E-state index in [1.165, 1.54) is 22.3 Å². The summed E-state index contributed by atoms with van der Waals surface area (Å²) in [6.07, 6.45) is 2.23. The number of aryl methyl sites for hydroxylation is 1. The van der Waals surface area contributed by atoms with Crippen molar-refractivity contribution in [1.82, 2.24) is 14.8 Å². The SMILES string of the molecule is CCCC(C)n1nc(C)nc1-c1cccc(-c2ccc(-c3ccccc3)cc2)c1. The van der Waals surface area contributed by atoms with Crippen molar-refractivity contribution in [2.75, 3.05) is 0 Å². The van der Waals surface area contributed by atoms with Crippen molar-refractivity contribution in [3.8, 4) is 33.6 Å². The van der Waals surface area contributed by atoms with E-state index in [9.17, 15) is 0 Å². The Balaban J connectivity index is 1.67. The van der Waals surface area contributed by atoms with E-state index < -0.39 is 0 Å². The van der Waals surface area contributed by atoms with E-state index >= 15 is 0 Å². The zero-order valence-electron chi connectivity index (χ0n) is 17.3. The summed E-state index contributed by atoms with van der Waals surface area (Å²) in [6.45, 7) is 6.39. The predicted molar refractivity (Wildman–Crippen MR) is 121 cm³/mol. The van der Waals surface area contributed by atoms with Gasteiger partial charge in [0, 0.05) is 5.56 Å². The fourth-order valence-corrected chi connectivity index (χ4v) is 3.80. The van der Waals surface area contributed by atoms with Crippen LogP contribution in [-0.2, 0) is 0 Å². The number of aromatic nitrogens is 3. The van der Waals surface area contributed by atoms with Crippen molar-refractivity contribution < 1.29 is 0 Å². The van der Waals surface area contributed by atoms with Gasteiger partial charge in [-0.25, -0.2) is 9.67 Å². The van der Waals surface area contributed by atoms with Crippen LogP contribution in [-0.4, -0.2) is 14.8 Å². The van der Waals surface area contributed by atoms with Gasteiger partial charge in [0.25, 0.3) is 0 Å². The second kappa shape index (κ2) is 8.44. The van der Waals surface area contributed by atoms with E-state index in [1.807, 2.05) is 13.0 Å². The standard InChI is InChI=1S/C26H27N3/c1-4-9-19(2)29-26(27-20(3)28-29)25-13-8-12-24(18-25)23-16-14-22(15-17-23)21-10-6-5-7-11-21/h5-8,10-19H,4,9H2,1-3H3. The Bertz CT molecular complexity index is 1080. The van der Waals surface area contributed by atoms with Crippen LogP contribution in [0.2, 0.25) is 0 Å². The van der Waals surface area contributed by atoms with Gasteiger partial charge in [0.1, 0.15) is 5.82 Å². The first-order chi connectivity index (χ1) is 14.2. The molecule has 29 heavy (non-hydrogen) atoms. The number of rotatable bonds is 6. The molecule has 1 atom stereocenters. The van der Waals surface area contributed by atoms with Crippen LogP contribution in [0.5, 0.6) is 0 Å². The maximum absolute atomic E-state index is 4.72. The first kappa shape index (κ1) is 19.1. The summed E-state index contributed by atoms with van der Waals surface area (Å²) in [6, 6.07) is 28.2. The lowest BCUT2D eigenvalue weighted by molar-refractivity contribution is 0.457. The van der Waals surface area contributed by atoms with Crippen LogP contribution >= 0.6 is 0 Å². The smallest absolute Gasteiger partial charge is 0.158 e. The highest BCUT2D eigenvalue weighted by Gasteiger charge is 2.15. The molecule has 0 bridgehead atoms. The quantitative estimate of drug-likeness (QED) is 0.362. The number of hydrogen-bond donors (Lipinski definition) is 0. The second-order valence-electron chi connectivity index (χ2n) is 7.59. The minimum atomic E-state index is 0.338. The Morgan fingerprint density at radius 2 is 1.34 bits per heavy atom. The van der Waals surface area contributed by atoms with Gasteiger partial charge in [0.15, 0.2) is 5.82 Å². The molecule has 0 aliphatic rings. The highest BCUT2D eigenvalue weighted by molar-refractivity contribution is 5.73. The van der Waals surface area contributed by atoms with Gasteiger partial charge >= 0.3 is 0 Å². The number of nitrogens with zero attached hydrogens (tertiary/aromatic N) is 3. The molecule has 0 N–H and O–H groups in total. The molecule has 1 heterocycles. The molecule has 3 aromatic carbocycles. The molecule has 1 aromatic heterocycles. The van der Waals surface area contributed by atoms with Crippen LogP contribution in [0.25, 0.3) is 33.6 Å². The van der Waals surface area contributed by atoms with Gasteiger partial charge in [0.2, 0.25) is 0 Å². The Labute approximate surface area is 173 Å². The number of hydrogen-bond acceptors (Lipinski definition) is 2. The zero-order valence-corrected chi connectivity index (χ0v) is 17.3.